The molecule has 2 atom stereocenters. The van der Waals surface area contributed by atoms with E-state index in [0.717, 1.165) is 38.7 Å². The lowest BCUT2D eigenvalue weighted by atomic mass is 9.90. The molecule has 0 spiro atoms. The molecular weight excluding hydrogens is 238 g/mol. The van der Waals surface area contributed by atoms with Crippen LogP contribution in [-0.2, 0) is 4.74 Å². The van der Waals surface area contributed by atoms with Gasteiger partial charge in [0.2, 0.25) is 0 Å². The maximum atomic E-state index is 5.91. The third-order valence-electron chi connectivity index (χ3n) is 4.93. The molecule has 4 nitrogen and oxygen atoms in total. The molecule has 0 bridgehead atoms. The van der Waals surface area contributed by atoms with Gasteiger partial charge in [0.15, 0.2) is 0 Å². The SMILES string of the molecule is CCN1CCOC(CN2CCC(C(C)NC)CC2)C1. The van der Waals surface area contributed by atoms with E-state index in [4.69, 9.17) is 4.74 Å². The summed E-state index contributed by atoms with van der Waals surface area (Å²) in [6.45, 7) is 12.4. The minimum Gasteiger partial charge on any atom is -0.374 e. The van der Waals surface area contributed by atoms with Crippen molar-refractivity contribution in [1.29, 1.82) is 0 Å². The predicted octanol–water partition coefficient (Wildman–Crippen LogP) is 1.03. The molecular formula is C15H31N3O. The molecule has 4 heteroatoms. The Hall–Kier alpha value is -0.160. The van der Waals surface area contributed by atoms with Crippen LogP contribution in [0.4, 0.5) is 0 Å². The molecule has 2 heterocycles. The van der Waals surface area contributed by atoms with E-state index in [9.17, 15) is 0 Å². The van der Waals surface area contributed by atoms with Crippen LogP contribution in [0.5, 0.6) is 0 Å². The van der Waals surface area contributed by atoms with Crippen LogP contribution in [0.15, 0.2) is 0 Å². The van der Waals surface area contributed by atoms with Gasteiger partial charge in [0, 0.05) is 25.7 Å². The Bertz CT molecular complexity index is 254. The van der Waals surface area contributed by atoms with E-state index in [0.29, 0.717) is 12.1 Å². The van der Waals surface area contributed by atoms with Gasteiger partial charge in [-0.05, 0) is 52.4 Å². The zero-order chi connectivity index (χ0) is 13.7. The average molecular weight is 269 g/mol. The predicted molar refractivity (Wildman–Crippen MR) is 79.5 cm³/mol. The number of hydrogen-bond acceptors (Lipinski definition) is 4. The molecule has 0 saturated carbocycles. The van der Waals surface area contributed by atoms with Crippen LogP contribution in [0, 0.1) is 5.92 Å². The van der Waals surface area contributed by atoms with E-state index in [1.54, 1.807) is 0 Å². The highest BCUT2D eigenvalue weighted by atomic mass is 16.5. The van der Waals surface area contributed by atoms with E-state index < -0.39 is 0 Å². The zero-order valence-electron chi connectivity index (χ0n) is 12.9. The summed E-state index contributed by atoms with van der Waals surface area (Å²) in [4.78, 5) is 5.10. The fourth-order valence-electron chi connectivity index (χ4n) is 3.34. The van der Waals surface area contributed by atoms with E-state index in [1.165, 1.54) is 25.9 Å². The maximum absolute atomic E-state index is 5.91. The summed E-state index contributed by atoms with van der Waals surface area (Å²) in [5.41, 5.74) is 0. The van der Waals surface area contributed by atoms with Crippen LogP contribution in [0.1, 0.15) is 26.7 Å². The monoisotopic (exact) mass is 269 g/mol. The largest absolute Gasteiger partial charge is 0.374 e. The van der Waals surface area contributed by atoms with Gasteiger partial charge >= 0.3 is 0 Å². The molecule has 0 aliphatic carbocycles. The van der Waals surface area contributed by atoms with Crippen molar-refractivity contribution < 1.29 is 4.74 Å². The molecule has 2 saturated heterocycles. The molecule has 2 aliphatic heterocycles. The van der Waals surface area contributed by atoms with E-state index in [-0.39, 0.29) is 0 Å². The van der Waals surface area contributed by atoms with Crippen molar-refractivity contribution in [3.8, 4) is 0 Å². The molecule has 0 aromatic heterocycles. The summed E-state index contributed by atoms with van der Waals surface area (Å²) >= 11 is 0. The molecule has 19 heavy (non-hydrogen) atoms. The molecule has 1 N–H and O–H groups in total. The van der Waals surface area contributed by atoms with Crippen LogP contribution in [0.3, 0.4) is 0 Å². The minimum atomic E-state index is 0.423. The van der Waals surface area contributed by atoms with Gasteiger partial charge in [0.1, 0.15) is 0 Å². The molecule has 2 fully saturated rings. The fraction of sp³-hybridized carbons (Fsp3) is 1.00. The van der Waals surface area contributed by atoms with Crippen molar-refractivity contribution in [2.75, 3.05) is 52.9 Å². The number of nitrogens with one attached hydrogen (secondary N) is 1. The van der Waals surface area contributed by atoms with Crippen molar-refractivity contribution in [2.45, 2.75) is 38.8 Å². The molecule has 0 aromatic carbocycles. The molecule has 2 unspecified atom stereocenters. The van der Waals surface area contributed by atoms with Crippen molar-refractivity contribution in [1.82, 2.24) is 15.1 Å². The number of rotatable bonds is 5. The number of piperidine rings is 1. The molecule has 2 aliphatic rings. The third-order valence-corrected chi connectivity index (χ3v) is 4.93. The Morgan fingerprint density at radius 3 is 2.58 bits per heavy atom. The van der Waals surface area contributed by atoms with E-state index in [1.807, 2.05) is 0 Å². The topological polar surface area (TPSA) is 27.7 Å². The van der Waals surface area contributed by atoms with Crippen LogP contribution in [0.2, 0.25) is 0 Å². The lowest BCUT2D eigenvalue weighted by Crippen LogP contribution is -2.49. The normalized spacial score (nSPS) is 29.5. The molecule has 0 aromatic rings. The Morgan fingerprint density at radius 2 is 1.95 bits per heavy atom. The van der Waals surface area contributed by atoms with Gasteiger partial charge in [-0.25, -0.2) is 0 Å². The fourth-order valence-corrected chi connectivity index (χ4v) is 3.34. The minimum absolute atomic E-state index is 0.423. The van der Waals surface area contributed by atoms with Crippen molar-refractivity contribution in [3.63, 3.8) is 0 Å². The lowest BCUT2D eigenvalue weighted by Gasteiger charge is -2.39. The third kappa shape index (κ3) is 4.42. The van der Waals surface area contributed by atoms with Gasteiger partial charge in [-0.1, -0.05) is 6.92 Å². The van der Waals surface area contributed by atoms with Gasteiger partial charge in [0.25, 0.3) is 0 Å². The first kappa shape index (κ1) is 15.2. The highest BCUT2D eigenvalue weighted by Crippen LogP contribution is 2.21. The Kier molecular flexibility index (Phi) is 6.07. The van der Waals surface area contributed by atoms with Gasteiger partial charge in [-0.2, -0.15) is 0 Å². The Morgan fingerprint density at radius 1 is 1.21 bits per heavy atom. The number of morpholine rings is 1. The summed E-state index contributed by atoms with van der Waals surface area (Å²) in [7, 11) is 2.08. The molecule has 2 rings (SSSR count). The molecule has 112 valence electrons. The summed E-state index contributed by atoms with van der Waals surface area (Å²) in [5, 5.41) is 3.39. The van der Waals surface area contributed by atoms with Crippen LogP contribution < -0.4 is 5.32 Å². The quantitative estimate of drug-likeness (QED) is 0.807. The summed E-state index contributed by atoms with van der Waals surface area (Å²) < 4.78 is 5.91. The van der Waals surface area contributed by atoms with Crippen molar-refractivity contribution in [3.05, 3.63) is 0 Å². The maximum Gasteiger partial charge on any atom is 0.0829 e. The van der Waals surface area contributed by atoms with Crippen LogP contribution in [0.25, 0.3) is 0 Å². The van der Waals surface area contributed by atoms with E-state index >= 15 is 0 Å². The second kappa shape index (κ2) is 7.58. The number of likely N-dealkylation sites (tertiary alicyclic amines) is 1. The van der Waals surface area contributed by atoms with Gasteiger partial charge in [-0.3, -0.25) is 4.90 Å². The number of nitrogens with zero attached hydrogens (tertiary/aromatic N) is 2. The van der Waals surface area contributed by atoms with E-state index in [2.05, 4.69) is 36.0 Å². The number of likely N-dealkylation sites (N-methyl/N-ethyl adjacent to an activating group) is 1. The lowest BCUT2D eigenvalue weighted by molar-refractivity contribution is -0.0457. The second-order valence-electron chi connectivity index (χ2n) is 6.10. The zero-order valence-corrected chi connectivity index (χ0v) is 12.9. The Labute approximate surface area is 118 Å². The standard InChI is InChI=1S/C15H31N3O/c1-4-17-9-10-19-15(11-17)12-18-7-5-14(6-8-18)13(2)16-3/h13-16H,4-12H2,1-3H3. The summed E-state index contributed by atoms with van der Waals surface area (Å²) in [5.74, 6) is 0.848. The summed E-state index contributed by atoms with van der Waals surface area (Å²) in [6, 6.07) is 0.656. The molecule has 0 radical (unpaired) electrons. The smallest absolute Gasteiger partial charge is 0.0829 e. The molecule has 0 amide bonds. The highest BCUT2D eigenvalue weighted by molar-refractivity contribution is 4.81. The highest BCUT2D eigenvalue weighted by Gasteiger charge is 2.26. The number of hydrogen-bond donors (Lipinski definition) is 1. The van der Waals surface area contributed by atoms with Gasteiger partial charge in [-0.15, -0.1) is 0 Å². The Balaban J connectivity index is 1.70. The van der Waals surface area contributed by atoms with Crippen LogP contribution in [-0.4, -0.2) is 74.9 Å². The average Bonchev–Trinajstić information content (AvgIpc) is 2.47. The number of ether oxygens (including phenoxy) is 1. The summed E-state index contributed by atoms with van der Waals surface area (Å²) in [6.07, 6.45) is 3.07. The second-order valence-corrected chi connectivity index (χ2v) is 6.10. The van der Waals surface area contributed by atoms with Gasteiger partial charge in [0.05, 0.1) is 12.7 Å². The first-order valence-corrected chi connectivity index (χ1v) is 7.96. The van der Waals surface area contributed by atoms with Crippen molar-refractivity contribution in [2.24, 2.45) is 5.92 Å². The first-order valence-electron chi connectivity index (χ1n) is 7.96. The van der Waals surface area contributed by atoms with Gasteiger partial charge < -0.3 is 15.0 Å². The van der Waals surface area contributed by atoms with Crippen molar-refractivity contribution >= 4 is 0 Å². The first-order chi connectivity index (χ1) is 9.22. The van der Waals surface area contributed by atoms with Crippen LogP contribution >= 0.6 is 0 Å².